The van der Waals surface area contributed by atoms with Crippen LogP contribution in [0.15, 0.2) is 22.2 Å². The van der Waals surface area contributed by atoms with E-state index in [1.54, 1.807) is 19.1 Å². The molecule has 0 saturated carbocycles. The summed E-state index contributed by atoms with van der Waals surface area (Å²) in [4.78, 5) is 10.7. The Bertz CT molecular complexity index is 535. The molecule has 0 bridgehead atoms. The Balaban J connectivity index is 2.57. The normalized spacial score (nSPS) is 18.7. The van der Waals surface area contributed by atoms with Gasteiger partial charge in [0.15, 0.2) is 0 Å². The van der Waals surface area contributed by atoms with E-state index in [0.717, 1.165) is 5.56 Å². The zero-order chi connectivity index (χ0) is 13.5. The lowest BCUT2D eigenvalue weighted by Gasteiger charge is -2.27. The minimum absolute atomic E-state index is 0.105. The highest BCUT2D eigenvalue weighted by Crippen LogP contribution is 2.40. The number of carbonyl (C=O) groups excluding carboxylic acids is 1. The van der Waals surface area contributed by atoms with E-state index in [1.807, 2.05) is 0 Å². The number of aryl methyl sites for hydroxylation is 1. The SMILES string of the molecule is Cc1cc(Br)c2c(c1)C=C(C=O)[C@@H](C(F)(F)F)O2. The van der Waals surface area contributed by atoms with Gasteiger partial charge in [-0.25, -0.2) is 0 Å². The van der Waals surface area contributed by atoms with Crippen molar-refractivity contribution in [3.63, 3.8) is 0 Å². The number of benzene rings is 1. The van der Waals surface area contributed by atoms with Crippen molar-refractivity contribution in [2.24, 2.45) is 0 Å². The van der Waals surface area contributed by atoms with Crippen LogP contribution in [0.25, 0.3) is 6.08 Å². The van der Waals surface area contributed by atoms with Gasteiger partial charge in [-0.05, 0) is 46.6 Å². The summed E-state index contributed by atoms with van der Waals surface area (Å²) in [7, 11) is 0. The fourth-order valence-electron chi connectivity index (χ4n) is 1.78. The molecule has 0 amide bonds. The summed E-state index contributed by atoms with van der Waals surface area (Å²) >= 11 is 3.16. The summed E-state index contributed by atoms with van der Waals surface area (Å²) in [5.74, 6) is 0.105. The van der Waals surface area contributed by atoms with Crippen molar-refractivity contribution in [1.82, 2.24) is 0 Å². The summed E-state index contributed by atoms with van der Waals surface area (Å²) in [5.41, 5.74) is 0.896. The maximum Gasteiger partial charge on any atom is 0.429 e. The first-order valence-corrected chi connectivity index (χ1v) is 5.82. The molecule has 0 spiro atoms. The standard InChI is InChI=1S/C12H8BrF3O2/c1-6-2-7-4-8(5-17)11(12(14,15)16)18-10(7)9(13)3-6/h2-5,11H,1H3/t11-/m0/s1. The molecule has 0 saturated heterocycles. The lowest BCUT2D eigenvalue weighted by molar-refractivity contribution is -0.184. The fourth-order valence-corrected chi connectivity index (χ4v) is 2.46. The molecule has 1 atom stereocenters. The maximum absolute atomic E-state index is 12.7. The molecule has 0 unspecified atom stereocenters. The number of ether oxygens (including phenoxy) is 1. The molecular formula is C12H8BrF3O2. The van der Waals surface area contributed by atoms with Crippen molar-refractivity contribution in [2.45, 2.75) is 19.2 Å². The van der Waals surface area contributed by atoms with E-state index in [9.17, 15) is 18.0 Å². The second-order valence-electron chi connectivity index (χ2n) is 3.97. The molecule has 2 nitrogen and oxygen atoms in total. The molecule has 1 aliphatic rings. The highest BCUT2D eigenvalue weighted by Gasteiger charge is 2.46. The van der Waals surface area contributed by atoms with E-state index < -0.39 is 17.9 Å². The van der Waals surface area contributed by atoms with Crippen molar-refractivity contribution < 1.29 is 22.7 Å². The third-order valence-electron chi connectivity index (χ3n) is 2.51. The minimum Gasteiger partial charge on any atom is -0.474 e. The molecule has 0 fully saturated rings. The second kappa shape index (κ2) is 4.42. The molecule has 1 aromatic carbocycles. The molecule has 1 aliphatic heterocycles. The van der Waals surface area contributed by atoms with Crippen LogP contribution in [-0.4, -0.2) is 18.6 Å². The molecule has 0 aliphatic carbocycles. The van der Waals surface area contributed by atoms with E-state index in [2.05, 4.69) is 15.9 Å². The maximum atomic E-state index is 12.7. The smallest absolute Gasteiger partial charge is 0.429 e. The number of halogens is 4. The van der Waals surface area contributed by atoms with Crippen molar-refractivity contribution in [3.05, 3.63) is 33.3 Å². The molecule has 6 heteroatoms. The zero-order valence-corrected chi connectivity index (χ0v) is 10.8. The van der Waals surface area contributed by atoms with Crippen LogP contribution in [0.1, 0.15) is 11.1 Å². The Morgan fingerprint density at radius 1 is 1.39 bits per heavy atom. The number of hydrogen-bond acceptors (Lipinski definition) is 2. The van der Waals surface area contributed by atoms with E-state index in [1.165, 1.54) is 6.08 Å². The fraction of sp³-hybridized carbons (Fsp3) is 0.250. The second-order valence-corrected chi connectivity index (χ2v) is 4.82. The lowest BCUT2D eigenvalue weighted by atomic mass is 10.0. The Morgan fingerprint density at radius 2 is 2.06 bits per heavy atom. The molecule has 1 heterocycles. The van der Waals surface area contributed by atoms with Crippen LogP contribution in [0.4, 0.5) is 13.2 Å². The third kappa shape index (κ3) is 2.29. The molecule has 0 radical (unpaired) electrons. The van der Waals surface area contributed by atoms with Gasteiger partial charge in [0, 0.05) is 11.1 Å². The summed E-state index contributed by atoms with van der Waals surface area (Å²) < 4.78 is 43.6. The number of alkyl halides is 3. The van der Waals surface area contributed by atoms with Gasteiger partial charge in [0.2, 0.25) is 6.10 Å². The van der Waals surface area contributed by atoms with E-state index >= 15 is 0 Å². The van der Waals surface area contributed by atoms with Gasteiger partial charge in [-0.3, -0.25) is 4.79 Å². The molecule has 96 valence electrons. The average Bonchev–Trinajstić information content (AvgIpc) is 2.25. The number of hydrogen-bond donors (Lipinski definition) is 0. The highest BCUT2D eigenvalue weighted by molar-refractivity contribution is 9.10. The van der Waals surface area contributed by atoms with Gasteiger partial charge >= 0.3 is 6.18 Å². The Hall–Kier alpha value is -1.30. The Morgan fingerprint density at radius 3 is 2.61 bits per heavy atom. The van der Waals surface area contributed by atoms with Gasteiger partial charge in [-0.2, -0.15) is 13.2 Å². The van der Waals surface area contributed by atoms with Crippen molar-refractivity contribution in [2.75, 3.05) is 0 Å². The van der Waals surface area contributed by atoms with E-state index in [-0.39, 0.29) is 12.0 Å². The summed E-state index contributed by atoms with van der Waals surface area (Å²) in [6.45, 7) is 1.80. The summed E-state index contributed by atoms with van der Waals surface area (Å²) in [6.07, 6.45) is -5.44. The zero-order valence-electron chi connectivity index (χ0n) is 9.22. The summed E-state index contributed by atoms with van der Waals surface area (Å²) in [5, 5.41) is 0. The monoisotopic (exact) mass is 320 g/mol. The van der Waals surface area contributed by atoms with Crippen molar-refractivity contribution in [3.8, 4) is 5.75 Å². The number of rotatable bonds is 1. The predicted octanol–water partition coefficient (Wildman–Crippen LogP) is 3.66. The van der Waals surface area contributed by atoms with Crippen molar-refractivity contribution in [1.29, 1.82) is 0 Å². The third-order valence-corrected chi connectivity index (χ3v) is 3.10. The van der Waals surface area contributed by atoms with Crippen LogP contribution in [-0.2, 0) is 4.79 Å². The first-order chi connectivity index (χ1) is 8.32. The lowest BCUT2D eigenvalue weighted by Crippen LogP contribution is -2.38. The molecule has 0 N–H and O–H groups in total. The van der Waals surface area contributed by atoms with Gasteiger partial charge < -0.3 is 4.74 Å². The van der Waals surface area contributed by atoms with Crippen LogP contribution in [0.5, 0.6) is 5.75 Å². The molecule has 0 aromatic heterocycles. The number of fused-ring (bicyclic) bond motifs is 1. The van der Waals surface area contributed by atoms with Gasteiger partial charge in [-0.15, -0.1) is 0 Å². The molecule has 18 heavy (non-hydrogen) atoms. The topological polar surface area (TPSA) is 26.3 Å². The van der Waals surface area contributed by atoms with Crippen LogP contribution in [0, 0.1) is 6.92 Å². The van der Waals surface area contributed by atoms with Gasteiger partial charge in [0.05, 0.1) is 4.47 Å². The van der Waals surface area contributed by atoms with Crippen LogP contribution < -0.4 is 4.74 Å². The first kappa shape index (κ1) is 13.1. The first-order valence-electron chi connectivity index (χ1n) is 5.03. The minimum atomic E-state index is -4.62. The summed E-state index contributed by atoms with van der Waals surface area (Å²) in [6, 6.07) is 3.32. The van der Waals surface area contributed by atoms with E-state index in [4.69, 9.17) is 4.74 Å². The van der Waals surface area contributed by atoms with Gasteiger partial charge in [-0.1, -0.05) is 0 Å². The Labute approximate surface area is 110 Å². The van der Waals surface area contributed by atoms with E-state index in [0.29, 0.717) is 10.0 Å². The van der Waals surface area contributed by atoms with Crippen LogP contribution in [0.3, 0.4) is 0 Å². The number of aldehydes is 1. The Kier molecular flexibility index (Phi) is 3.23. The quantitative estimate of drug-likeness (QED) is 0.738. The molecule has 1 aromatic rings. The predicted molar refractivity (Wildman–Crippen MR) is 63.4 cm³/mol. The van der Waals surface area contributed by atoms with Gasteiger partial charge in [0.25, 0.3) is 0 Å². The largest absolute Gasteiger partial charge is 0.474 e. The van der Waals surface area contributed by atoms with Crippen LogP contribution in [0.2, 0.25) is 0 Å². The highest BCUT2D eigenvalue weighted by atomic mass is 79.9. The molecule has 2 rings (SSSR count). The molecular weight excluding hydrogens is 313 g/mol. The average molecular weight is 321 g/mol. The van der Waals surface area contributed by atoms with Crippen molar-refractivity contribution >= 4 is 28.3 Å². The van der Waals surface area contributed by atoms with Crippen LogP contribution >= 0.6 is 15.9 Å². The van der Waals surface area contributed by atoms with Gasteiger partial charge in [0.1, 0.15) is 12.0 Å². The number of carbonyl (C=O) groups is 1.